The largest absolute Gasteiger partial charge is 0.494 e. The molecule has 0 aliphatic rings. The first-order valence-electron chi connectivity index (χ1n) is 5.63. The Morgan fingerprint density at radius 1 is 1.29 bits per heavy atom. The van der Waals surface area contributed by atoms with Crippen LogP contribution >= 0.6 is 12.4 Å². The monoisotopic (exact) mass is 261 g/mol. The predicted octanol–water partition coefficient (Wildman–Crippen LogP) is 3.69. The van der Waals surface area contributed by atoms with Crippen molar-refractivity contribution in [1.82, 2.24) is 0 Å². The molecule has 1 rings (SSSR count). The van der Waals surface area contributed by atoms with Gasteiger partial charge < -0.3 is 10.5 Å². The summed E-state index contributed by atoms with van der Waals surface area (Å²) in [7, 11) is 1.46. The van der Waals surface area contributed by atoms with E-state index < -0.39 is 0 Å². The molecule has 0 saturated heterocycles. The molecule has 0 aromatic heterocycles. The number of rotatable bonds is 5. The fourth-order valence-electron chi connectivity index (χ4n) is 1.59. The van der Waals surface area contributed by atoms with Gasteiger partial charge in [0.05, 0.1) is 7.11 Å². The molecule has 2 nitrogen and oxygen atoms in total. The molecule has 98 valence electrons. The maximum Gasteiger partial charge on any atom is 0.165 e. The van der Waals surface area contributed by atoms with E-state index in [1.165, 1.54) is 13.2 Å². The molecule has 0 aliphatic carbocycles. The lowest BCUT2D eigenvalue weighted by atomic mass is 9.98. The zero-order chi connectivity index (χ0) is 12.1. The number of halogens is 2. The third-order valence-electron chi connectivity index (χ3n) is 2.66. The van der Waals surface area contributed by atoms with E-state index in [4.69, 9.17) is 10.5 Å². The summed E-state index contributed by atoms with van der Waals surface area (Å²) in [5, 5.41) is 0. The first-order chi connectivity index (χ1) is 7.54. The highest BCUT2D eigenvalue weighted by atomic mass is 35.5. The molecule has 1 aromatic carbocycles. The Hall–Kier alpha value is -0.800. The van der Waals surface area contributed by atoms with Crippen LogP contribution in [0.3, 0.4) is 0 Å². The Morgan fingerprint density at radius 2 is 1.94 bits per heavy atom. The molecule has 2 N–H and O–H groups in total. The first-order valence-corrected chi connectivity index (χ1v) is 5.63. The maximum atomic E-state index is 13.4. The normalized spacial score (nSPS) is 12.1. The molecular weight excluding hydrogens is 241 g/mol. The Morgan fingerprint density at radius 3 is 2.41 bits per heavy atom. The van der Waals surface area contributed by atoms with Crippen molar-refractivity contribution >= 4 is 12.4 Å². The molecule has 1 atom stereocenters. The van der Waals surface area contributed by atoms with Gasteiger partial charge in [0.1, 0.15) is 0 Å². The standard InChI is InChI=1S/C13H20FNO.ClH/c1-9(2)4-6-12(15)10-5-7-13(16-3)11(14)8-10;/h5,7-9,12H,4,6,15H2,1-3H3;1H/t12-;/m0./s1. The third kappa shape index (κ3) is 4.92. The first kappa shape index (κ1) is 16.2. The van der Waals surface area contributed by atoms with E-state index in [2.05, 4.69) is 13.8 Å². The molecule has 0 fully saturated rings. The van der Waals surface area contributed by atoms with Crippen LogP contribution in [-0.4, -0.2) is 7.11 Å². The molecule has 17 heavy (non-hydrogen) atoms. The van der Waals surface area contributed by atoms with Crippen LogP contribution < -0.4 is 10.5 Å². The van der Waals surface area contributed by atoms with Crippen molar-refractivity contribution in [3.63, 3.8) is 0 Å². The van der Waals surface area contributed by atoms with E-state index in [0.717, 1.165) is 18.4 Å². The fraction of sp³-hybridized carbons (Fsp3) is 0.538. The Labute approximate surface area is 109 Å². The van der Waals surface area contributed by atoms with E-state index in [-0.39, 0.29) is 30.0 Å². The van der Waals surface area contributed by atoms with Crippen molar-refractivity contribution in [3.05, 3.63) is 29.6 Å². The lowest BCUT2D eigenvalue weighted by Crippen LogP contribution is -2.11. The minimum absolute atomic E-state index is 0. The number of hydrogen-bond acceptors (Lipinski definition) is 2. The van der Waals surface area contributed by atoms with Crippen LogP contribution in [0.2, 0.25) is 0 Å². The molecule has 1 aromatic rings. The van der Waals surface area contributed by atoms with Gasteiger partial charge in [-0.2, -0.15) is 0 Å². The zero-order valence-electron chi connectivity index (χ0n) is 10.6. The number of ether oxygens (including phenoxy) is 1. The van der Waals surface area contributed by atoms with Gasteiger partial charge in [-0.25, -0.2) is 4.39 Å². The number of methoxy groups -OCH3 is 1. The van der Waals surface area contributed by atoms with Crippen LogP contribution in [0.4, 0.5) is 4.39 Å². The SMILES string of the molecule is COc1ccc([C@@H](N)CCC(C)C)cc1F.Cl. The van der Waals surface area contributed by atoms with Crippen LogP contribution in [0.5, 0.6) is 5.75 Å². The van der Waals surface area contributed by atoms with E-state index in [1.54, 1.807) is 6.07 Å². The summed E-state index contributed by atoms with van der Waals surface area (Å²) in [5.41, 5.74) is 6.83. The second-order valence-corrected chi connectivity index (χ2v) is 4.47. The average molecular weight is 262 g/mol. The van der Waals surface area contributed by atoms with Crippen molar-refractivity contribution in [2.45, 2.75) is 32.7 Å². The molecule has 0 spiro atoms. The van der Waals surface area contributed by atoms with Crippen LogP contribution in [0.25, 0.3) is 0 Å². The fourth-order valence-corrected chi connectivity index (χ4v) is 1.59. The van der Waals surface area contributed by atoms with Gasteiger partial charge in [-0.3, -0.25) is 0 Å². The highest BCUT2D eigenvalue weighted by molar-refractivity contribution is 5.85. The van der Waals surface area contributed by atoms with Crippen molar-refractivity contribution in [2.24, 2.45) is 11.7 Å². The quantitative estimate of drug-likeness (QED) is 0.877. The summed E-state index contributed by atoms with van der Waals surface area (Å²) in [6.45, 7) is 4.31. The van der Waals surface area contributed by atoms with E-state index >= 15 is 0 Å². The van der Waals surface area contributed by atoms with Crippen molar-refractivity contribution in [1.29, 1.82) is 0 Å². The van der Waals surface area contributed by atoms with E-state index in [0.29, 0.717) is 5.92 Å². The van der Waals surface area contributed by atoms with Gasteiger partial charge in [0, 0.05) is 6.04 Å². The van der Waals surface area contributed by atoms with E-state index in [1.807, 2.05) is 6.07 Å². The molecule has 0 unspecified atom stereocenters. The average Bonchev–Trinajstić information content (AvgIpc) is 2.25. The Bertz CT molecular complexity index is 344. The Kier molecular flexibility index (Phi) is 7.16. The summed E-state index contributed by atoms with van der Waals surface area (Å²) in [4.78, 5) is 0. The minimum atomic E-state index is -0.347. The lowest BCUT2D eigenvalue weighted by molar-refractivity contribution is 0.385. The van der Waals surface area contributed by atoms with Crippen molar-refractivity contribution < 1.29 is 9.13 Å². The summed E-state index contributed by atoms with van der Waals surface area (Å²) in [6, 6.07) is 4.82. The topological polar surface area (TPSA) is 35.2 Å². The van der Waals surface area contributed by atoms with Gasteiger partial charge in [-0.15, -0.1) is 12.4 Å². The van der Waals surface area contributed by atoms with Gasteiger partial charge in [-0.1, -0.05) is 19.9 Å². The second-order valence-electron chi connectivity index (χ2n) is 4.47. The summed E-state index contributed by atoms with van der Waals surface area (Å²) in [5.74, 6) is 0.536. The summed E-state index contributed by atoms with van der Waals surface area (Å²) in [6.07, 6.45) is 1.93. The maximum absolute atomic E-state index is 13.4. The zero-order valence-corrected chi connectivity index (χ0v) is 11.4. The number of benzene rings is 1. The Balaban J connectivity index is 0.00000256. The third-order valence-corrected chi connectivity index (χ3v) is 2.66. The molecule has 0 radical (unpaired) electrons. The van der Waals surface area contributed by atoms with Crippen LogP contribution in [0, 0.1) is 11.7 Å². The highest BCUT2D eigenvalue weighted by Crippen LogP contribution is 2.23. The van der Waals surface area contributed by atoms with Gasteiger partial charge in [0.15, 0.2) is 11.6 Å². The molecule has 4 heteroatoms. The lowest BCUT2D eigenvalue weighted by Gasteiger charge is -2.14. The van der Waals surface area contributed by atoms with Crippen LogP contribution in [-0.2, 0) is 0 Å². The van der Waals surface area contributed by atoms with Crippen LogP contribution in [0.1, 0.15) is 38.3 Å². The van der Waals surface area contributed by atoms with Gasteiger partial charge >= 0.3 is 0 Å². The summed E-state index contributed by atoms with van der Waals surface area (Å²) >= 11 is 0. The smallest absolute Gasteiger partial charge is 0.165 e. The van der Waals surface area contributed by atoms with Gasteiger partial charge in [0.25, 0.3) is 0 Å². The van der Waals surface area contributed by atoms with Gasteiger partial charge in [-0.05, 0) is 36.5 Å². The second kappa shape index (κ2) is 7.51. The van der Waals surface area contributed by atoms with E-state index in [9.17, 15) is 4.39 Å². The van der Waals surface area contributed by atoms with Crippen molar-refractivity contribution in [2.75, 3.05) is 7.11 Å². The molecule has 0 saturated carbocycles. The minimum Gasteiger partial charge on any atom is -0.494 e. The summed E-state index contributed by atoms with van der Waals surface area (Å²) < 4.78 is 18.3. The van der Waals surface area contributed by atoms with Gasteiger partial charge in [0.2, 0.25) is 0 Å². The number of nitrogens with two attached hydrogens (primary N) is 1. The molecule has 0 bridgehead atoms. The molecular formula is C13H21ClFNO. The highest BCUT2D eigenvalue weighted by Gasteiger charge is 2.10. The predicted molar refractivity (Wildman–Crippen MR) is 71.2 cm³/mol. The molecule has 0 heterocycles. The number of hydrogen-bond donors (Lipinski definition) is 1. The van der Waals surface area contributed by atoms with Crippen molar-refractivity contribution in [3.8, 4) is 5.75 Å². The molecule has 0 aliphatic heterocycles. The van der Waals surface area contributed by atoms with Crippen LogP contribution in [0.15, 0.2) is 18.2 Å². The molecule has 0 amide bonds.